The Labute approximate surface area is 171 Å². The number of hydrogen-bond acceptors (Lipinski definition) is 7. The zero-order chi connectivity index (χ0) is 20.5. The van der Waals surface area contributed by atoms with Gasteiger partial charge in [-0.1, -0.05) is 11.2 Å². The van der Waals surface area contributed by atoms with Gasteiger partial charge in [0, 0.05) is 23.5 Å². The Morgan fingerprint density at radius 1 is 1.41 bits per heavy atom. The summed E-state index contributed by atoms with van der Waals surface area (Å²) in [5.41, 5.74) is 0.557. The number of anilines is 1. The normalized spacial score (nSPS) is 19.7. The van der Waals surface area contributed by atoms with Crippen molar-refractivity contribution in [3.8, 4) is 0 Å². The highest BCUT2D eigenvalue weighted by atomic mass is 32.1. The molecular formula is C20H22FN3O4S. The molecule has 1 fully saturated rings. The zero-order valence-corrected chi connectivity index (χ0v) is 17.0. The number of aromatic nitrogens is 1. The summed E-state index contributed by atoms with van der Waals surface area (Å²) < 4.78 is 26.3. The molecule has 154 valence electrons. The van der Waals surface area contributed by atoms with Crippen molar-refractivity contribution in [2.45, 2.75) is 39.2 Å². The third kappa shape index (κ3) is 3.85. The Balaban J connectivity index is 1.68. The number of amides is 1. The number of morpholine rings is 1. The second-order valence-corrected chi connectivity index (χ2v) is 8.22. The molecule has 1 aliphatic heterocycles. The Morgan fingerprint density at radius 3 is 2.83 bits per heavy atom. The average molecular weight is 419 g/mol. The van der Waals surface area contributed by atoms with Gasteiger partial charge in [0.05, 0.1) is 36.4 Å². The van der Waals surface area contributed by atoms with Crippen LogP contribution in [0.4, 0.5) is 10.1 Å². The fourth-order valence-electron chi connectivity index (χ4n) is 3.73. The lowest BCUT2D eigenvalue weighted by Gasteiger charge is -2.37. The third-order valence-corrected chi connectivity index (χ3v) is 5.76. The van der Waals surface area contributed by atoms with E-state index < -0.39 is 11.7 Å². The van der Waals surface area contributed by atoms with Crippen LogP contribution in [0.15, 0.2) is 28.1 Å². The van der Waals surface area contributed by atoms with Crippen LogP contribution < -0.4 is 10.2 Å². The van der Waals surface area contributed by atoms with Crippen molar-refractivity contribution in [3.63, 3.8) is 0 Å². The van der Waals surface area contributed by atoms with Crippen LogP contribution in [0.1, 0.15) is 34.8 Å². The van der Waals surface area contributed by atoms with Crippen LogP contribution in [0.2, 0.25) is 0 Å². The van der Waals surface area contributed by atoms with Gasteiger partial charge < -0.3 is 24.6 Å². The number of halogens is 1. The molecule has 9 heteroatoms. The number of rotatable bonds is 5. The number of ether oxygens (including phenoxy) is 1. The van der Waals surface area contributed by atoms with Crippen LogP contribution in [-0.2, 0) is 17.9 Å². The van der Waals surface area contributed by atoms with E-state index in [-0.39, 0.29) is 41.2 Å². The van der Waals surface area contributed by atoms with Crippen LogP contribution in [-0.4, -0.2) is 41.5 Å². The second kappa shape index (κ2) is 8.10. The van der Waals surface area contributed by atoms with E-state index in [2.05, 4.69) is 10.5 Å². The molecule has 0 spiro atoms. The summed E-state index contributed by atoms with van der Waals surface area (Å²) in [7, 11) is 0. The quantitative estimate of drug-likeness (QED) is 0.661. The summed E-state index contributed by atoms with van der Waals surface area (Å²) in [6, 6.07) is 5.39. The predicted molar refractivity (Wildman–Crippen MR) is 108 cm³/mol. The minimum Gasteiger partial charge on any atom is -0.392 e. The molecule has 0 aliphatic carbocycles. The molecule has 3 aromatic rings. The topological polar surface area (TPSA) is 87.8 Å². The maximum Gasteiger partial charge on any atom is 0.274 e. The SMILES string of the molecule is C[C@@H]1CN(c2c(CO)cc3c(C(=O)NCc4cccs4)noc3c2F)C[C@H](C)O1. The first kappa shape index (κ1) is 19.8. The summed E-state index contributed by atoms with van der Waals surface area (Å²) in [5, 5.41) is 18.6. The van der Waals surface area contributed by atoms with Crippen LogP contribution >= 0.6 is 11.3 Å². The van der Waals surface area contributed by atoms with E-state index in [0.717, 1.165) is 4.88 Å². The van der Waals surface area contributed by atoms with Gasteiger partial charge in [-0.2, -0.15) is 0 Å². The van der Waals surface area contributed by atoms with Crippen LogP contribution in [0.5, 0.6) is 0 Å². The molecule has 7 nitrogen and oxygen atoms in total. The van der Waals surface area contributed by atoms with Gasteiger partial charge in [-0.05, 0) is 31.4 Å². The summed E-state index contributed by atoms with van der Waals surface area (Å²) in [6.07, 6.45) is -0.151. The average Bonchev–Trinajstić information content (AvgIpc) is 3.35. The monoisotopic (exact) mass is 419 g/mol. The molecule has 1 saturated heterocycles. The lowest BCUT2D eigenvalue weighted by molar-refractivity contribution is -0.00550. The van der Waals surface area contributed by atoms with Crippen molar-refractivity contribution in [2.24, 2.45) is 0 Å². The van der Waals surface area contributed by atoms with Crippen molar-refractivity contribution in [1.82, 2.24) is 10.5 Å². The molecule has 1 amide bonds. The van der Waals surface area contributed by atoms with E-state index in [0.29, 0.717) is 25.2 Å². The summed E-state index contributed by atoms with van der Waals surface area (Å²) in [4.78, 5) is 15.4. The van der Waals surface area contributed by atoms with Gasteiger partial charge in [0.15, 0.2) is 11.5 Å². The molecule has 0 saturated carbocycles. The van der Waals surface area contributed by atoms with Gasteiger partial charge in [-0.3, -0.25) is 4.79 Å². The van der Waals surface area contributed by atoms with E-state index in [4.69, 9.17) is 9.26 Å². The summed E-state index contributed by atoms with van der Waals surface area (Å²) >= 11 is 1.52. The number of carbonyl (C=O) groups excluding carboxylic acids is 1. The standard InChI is InChI=1S/C20H22FN3O4S/c1-11-8-24(9-12(2)27-11)18-13(10-25)6-15-17(23-28-19(15)16(18)21)20(26)22-7-14-4-3-5-29-14/h3-6,11-12,25H,7-10H2,1-2H3,(H,22,26)/t11-,12+. The molecular weight excluding hydrogens is 397 g/mol. The van der Waals surface area contributed by atoms with Gasteiger partial charge in [-0.25, -0.2) is 4.39 Å². The van der Waals surface area contributed by atoms with Crippen molar-refractivity contribution in [2.75, 3.05) is 18.0 Å². The van der Waals surface area contributed by atoms with Gasteiger partial charge in [0.1, 0.15) is 0 Å². The highest BCUT2D eigenvalue weighted by Crippen LogP contribution is 2.35. The van der Waals surface area contributed by atoms with Crippen molar-refractivity contribution in [3.05, 3.63) is 45.5 Å². The first-order chi connectivity index (χ1) is 14.0. The molecule has 2 atom stereocenters. The first-order valence-electron chi connectivity index (χ1n) is 9.40. The Bertz CT molecular complexity index is 1010. The maximum atomic E-state index is 15.4. The first-order valence-corrected chi connectivity index (χ1v) is 10.3. The van der Waals surface area contributed by atoms with Gasteiger partial charge in [0.25, 0.3) is 5.91 Å². The van der Waals surface area contributed by atoms with Crippen molar-refractivity contribution >= 4 is 33.9 Å². The Kier molecular flexibility index (Phi) is 5.53. The molecule has 4 rings (SSSR count). The zero-order valence-electron chi connectivity index (χ0n) is 16.1. The van der Waals surface area contributed by atoms with Crippen LogP contribution in [0.3, 0.4) is 0 Å². The Hall–Kier alpha value is -2.49. The van der Waals surface area contributed by atoms with Crippen molar-refractivity contribution < 1.29 is 23.6 Å². The number of carbonyl (C=O) groups is 1. The number of thiophene rings is 1. The highest BCUT2D eigenvalue weighted by molar-refractivity contribution is 7.09. The predicted octanol–water partition coefficient (Wildman–Crippen LogP) is 3.06. The smallest absolute Gasteiger partial charge is 0.274 e. The number of nitrogens with one attached hydrogen (secondary N) is 1. The van der Waals surface area contributed by atoms with Crippen LogP contribution in [0.25, 0.3) is 11.0 Å². The van der Waals surface area contributed by atoms with Crippen LogP contribution in [0, 0.1) is 5.82 Å². The number of nitrogens with zero attached hydrogens (tertiary/aromatic N) is 2. The number of aliphatic hydroxyl groups is 1. The number of fused-ring (bicyclic) bond motifs is 1. The molecule has 0 radical (unpaired) electrons. The molecule has 0 bridgehead atoms. The van der Waals surface area contributed by atoms with Crippen molar-refractivity contribution in [1.29, 1.82) is 0 Å². The summed E-state index contributed by atoms with van der Waals surface area (Å²) in [6.45, 7) is 4.79. The Morgan fingerprint density at radius 2 is 2.17 bits per heavy atom. The number of benzene rings is 1. The maximum absolute atomic E-state index is 15.4. The van der Waals surface area contributed by atoms with E-state index in [1.165, 1.54) is 11.3 Å². The molecule has 2 aromatic heterocycles. The second-order valence-electron chi connectivity index (χ2n) is 7.19. The molecule has 1 aliphatic rings. The van der Waals surface area contributed by atoms with Gasteiger partial charge in [0.2, 0.25) is 5.58 Å². The number of hydrogen-bond donors (Lipinski definition) is 2. The molecule has 29 heavy (non-hydrogen) atoms. The highest BCUT2D eigenvalue weighted by Gasteiger charge is 2.30. The molecule has 2 N–H and O–H groups in total. The minimum atomic E-state index is -0.627. The van der Waals surface area contributed by atoms with Gasteiger partial charge in [-0.15, -0.1) is 11.3 Å². The summed E-state index contributed by atoms with van der Waals surface area (Å²) in [5.74, 6) is -1.08. The lowest BCUT2D eigenvalue weighted by Crippen LogP contribution is -2.46. The van der Waals surface area contributed by atoms with Gasteiger partial charge >= 0.3 is 0 Å². The largest absolute Gasteiger partial charge is 0.392 e. The number of aliphatic hydroxyl groups excluding tert-OH is 1. The minimum absolute atomic E-state index is 0.000389. The fraction of sp³-hybridized carbons (Fsp3) is 0.400. The molecule has 3 heterocycles. The third-order valence-electron chi connectivity index (χ3n) is 4.88. The molecule has 1 aromatic carbocycles. The van der Waals surface area contributed by atoms with E-state index >= 15 is 4.39 Å². The molecule has 0 unspecified atom stereocenters. The fourth-order valence-corrected chi connectivity index (χ4v) is 4.38. The van der Waals surface area contributed by atoms with E-state index in [1.807, 2.05) is 36.3 Å². The van der Waals surface area contributed by atoms with E-state index in [1.54, 1.807) is 6.07 Å². The lowest BCUT2D eigenvalue weighted by atomic mass is 10.1. The van der Waals surface area contributed by atoms with E-state index in [9.17, 15) is 9.90 Å².